The number of rotatable bonds is 2. The summed E-state index contributed by atoms with van der Waals surface area (Å²) in [5.41, 5.74) is 0. The van der Waals surface area contributed by atoms with E-state index < -0.39 is 0 Å². The molecule has 2 nitrogen and oxygen atoms in total. The number of hydrogen-bond acceptors (Lipinski definition) is 3. The predicted octanol–water partition coefficient (Wildman–Crippen LogP) is 2.67. The maximum absolute atomic E-state index is 5.77. The molecule has 0 unspecified atom stereocenters. The second kappa shape index (κ2) is 4.42. The van der Waals surface area contributed by atoms with Crippen LogP contribution in [0.5, 0.6) is 0 Å². The van der Waals surface area contributed by atoms with E-state index in [-0.39, 0.29) is 5.79 Å². The van der Waals surface area contributed by atoms with E-state index in [0.29, 0.717) is 0 Å². The van der Waals surface area contributed by atoms with Crippen LogP contribution in [-0.4, -0.2) is 30.5 Å². The van der Waals surface area contributed by atoms with E-state index in [1.807, 2.05) is 11.8 Å². The molecule has 1 spiro atoms. The number of thioether (sulfide) groups is 1. The van der Waals surface area contributed by atoms with Crippen LogP contribution in [-0.2, 0) is 9.47 Å². The van der Waals surface area contributed by atoms with Gasteiger partial charge < -0.3 is 9.47 Å². The highest BCUT2D eigenvalue weighted by Gasteiger charge is 2.44. The van der Waals surface area contributed by atoms with Gasteiger partial charge in [0.25, 0.3) is 0 Å². The Balaban J connectivity index is 2.00. The molecule has 0 bridgehead atoms. The highest BCUT2D eigenvalue weighted by Crippen LogP contribution is 2.43. The zero-order valence-electron chi connectivity index (χ0n) is 9.12. The normalized spacial score (nSPS) is 36.4. The van der Waals surface area contributed by atoms with Gasteiger partial charge in [-0.15, -0.1) is 0 Å². The Morgan fingerprint density at radius 3 is 2.64 bits per heavy atom. The van der Waals surface area contributed by atoms with E-state index in [1.54, 1.807) is 0 Å². The molecule has 0 N–H and O–H groups in total. The van der Waals surface area contributed by atoms with Gasteiger partial charge >= 0.3 is 0 Å². The van der Waals surface area contributed by atoms with E-state index in [9.17, 15) is 0 Å². The van der Waals surface area contributed by atoms with Gasteiger partial charge in [-0.1, -0.05) is 13.3 Å². The first-order valence-corrected chi connectivity index (χ1v) is 6.89. The largest absolute Gasteiger partial charge is 0.348 e. The average molecular weight is 216 g/mol. The lowest BCUT2D eigenvalue weighted by molar-refractivity contribution is -0.185. The molecule has 2 rings (SSSR count). The van der Waals surface area contributed by atoms with Crippen molar-refractivity contribution in [1.82, 2.24) is 0 Å². The van der Waals surface area contributed by atoms with E-state index in [1.165, 1.54) is 12.8 Å². The summed E-state index contributed by atoms with van der Waals surface area (Å²) in [5, 5.41) is 0.818. The molecular weight excluding hydrogens is 196 g/mol. The topological polar surface area (TPSA) is 18.5 Å². The molecule has 1 heterocycles. The molecule has 82 valence electrons. The van der Waals surface area contributed by atoms with Gasteiger partial charge in [-0.05, 0) is 18.6 Å². The van der Waals surface area contributed by atoms with Crippen LogP contribution in [0.25, 0.3) is 0 Å². The third-order valence-electron chi connectivity index (χ3n) is 3.55. The molecule has 0 aromatic rings. The summed E-state index contributed by atoms with van der Waals surface area (Å²) in [6.45, 7) is 3.86. The van der Waals surface area contributed by atoms with Crippen molar-refractivity contribution < 1.29 is 9.47 Å². The molecule has 0 aromatic carbocycles. The minimum Gasteiger partial charge on any atom is -0.348 e. The second-order valence-corrected chi connectivity index (χ2v) is 5.37. The molecule has 1 saturated carbocycles. The molecule has 2 aliphatic rings. The monoisotopic (exact) mass is 216 g/mol. The minimum absolute atomic E-state index is 0.188. The fraction of sp³-hybridized carbons (Fsp3) is 1.00. The second-order valence-electron chi connectivity index (χ2n) is 4.29. The predicted molar refractivity (Wildman–Crippen MR) is 59.6 cm³/mol. The molecule has 0 amide bonds. The van der Waals surface area contributed by atoms with Crippen LogP contribution >= 0.6 is 11.8 Å². The van der Waals surface area contributed by atoms with Gasteiger partial charge in [0.15, 0.2) is 5.79 Å². The Hall–Kier alpha value is 0.270. The van der Waals surface area contributed by atoms with E-state index in [2.05, 4.69) is 13.2 Å². The van der Waals surface area contributed by atoms with Gasteiger partial charge in [0.1, 0.15) is 0 Å². The van der Waals surface area contributed by atoms with Gasteiger partial charge in [-0.25, -0.2) is 0 Å². The Morgan fingerprint density at radius 2 is 2.07 bits per heavy atom. The molecule has 2 atom stereocenters. The number of hydrogen-bond donors (Lipinski definition) is 0. The van der Waals surface area contributed by atoms with Crippen molar-refractivity contribution in [2.45, 2.75) is 43.6 Å². The van der Waals surface area contributed by atoms with Crippen molar-refractivity contribution in [1.29, 1.82) is 0 Å². The number of ether oxygens (including phenoxy) is 2. The summed E-state index contributed by atoms with van der Waals surface area (Å²) >= 11 is 2.01. The quantitative estimate of drug-likeness (QED) is 0.707. The average Bonchev–Trinajstić information content (AvgIpc) is 2.66. The molecule has 1 aliphatic heterocycles. The van der Waals surface area contributed by atoms with E-state index in [4.69, 9.17) is 9.47 Å². The van der Waals surface area contributed by atoms with Gasteiger partial charge in [-0.2, -0.15) is 11.8 Å². The Kier molecular flexibility index (Phi) is 3.40. The van der Waals surface area contributed by atoms with Crippen molar-refractivity contribution in [2.24, 2.45) is 5.92 Å². The van der Waals surface area contributed by atoms with Gasteiger partial charge in [0, 0.05) is 18.1 Å². The first kappa shape index (κ1) is 10.8. The van der Waals surface area contributed by atoms with Crippen LogP contribution < -0.4 is 0 Å². The third kappa shape index (κ3) is 1.95. The zero-order chi connectivity index (χ0) is 10.0. The minimum atomic E-state index is -0.188. The van der Waals surface area contributed by atoms with Gasteiger partial charge in [0.05, 0.1) is 13.2 Å². The molecule has 0 aromatic heterocycles. The summed E-state index contributed by atoms with van der Waals surface area (Å²) in [4.78, 5) is 0. The summed E-state index contributed by atoms with van der Waals surface area (Å²) in [6.07, 6.45) is 6.92. The summed E-state index contributed by atoms with van der Waals surface area (Å²) in [5.74, 6) is 0.587. The van der Waals surface area contributed by atoms with Gasteiger partial charge in [-0.3, -0.25) is 0 Å². The SMILES string of the molecule is CC[C@@H]1CC2(CC[C@H]1SC)OCCO2. The summed E-state index contributed by atoms with van der Waals surface area (Å²) < 4.78 is 11.5. The smallest absolute Gasteiger partial charge is 0.168 e. The van der Waals surface area contributed by atoms with E-state index in [0.717, 1.165) is 37.2 Å². The van der Waals surface area contributed by atoms with Crippen LogP contribution in [0.15, 0.2) is 0 Å². The lowest BCUT2D eigenvalue weighted by atomic mass is 9.83. The molecule has 2 fully saturated rings. The first-order chi connectivity index (χ1) is 6.79. The molecule has 0 radical (unpaired) electrons. The fourth-order valence-electron chi connectivity index (χ4n) is 2.71. The van der Waals surface area contributed by atoms with Crippen molar-refractivity contribution in [3.05, 3.63) is 0 Å². The Morgan fingerprint density at radius 1 is 1.36 bits per heavy atom. The van der Waals surface area contributed by atoms with Crippen LogP contribution in [0.3, 0.4) is 0 Å². The Bertz CT molecular complexity index is 190. The maximum Gasteiger partial charge on any atom is 0.168 e. The molecular formula is C11H20O2S. The first-order valence-electron chi connectivity index (χ1n) is 5.60. The van der Waals surface area contributed by atoms with Crippen LogP contribution in [0.2, 0.25) is 0 Å². The van der Waals surface area contributed by atoms with Crippen molar-refractivity contribution in [3.63, 3.8) is 0 Å². The molecule has 3 heteroatoms. The maximum atomic E-state index is 5.77. The highest BCUT2D eigenvalue weighted by molar-refractivity contribution is 7.99. The summed E-state index contributed by atoms with van der Waals surface area (Å²) in [6, 6.07) is 0. The van der Waals surface area contributed by atoms with Crippen molar-refractivity contribution >= 4 is 11.8 Å². The standard InChI is InChI=1S/C11H20O2S/c1-3-9-8-11(12-6-7-13-11)5-4-10(9)14-2/h9-10H,3-8H2,1-2H3/t9-,10-/m1/s1. The van der Waals surface area contributed by atoms with Crippen LogP contribution in [0.4, 0.5) is 0 Å². The summed E-state index contributed by atoms with van der Waals surface area (Å²) in [7, 11) is 0. The molecule has 1 saturated heterocycles. The molecule has 1 aliphatic carbocycles. The van der Waals surface area contributed by atoms with Gasteiger partial charge in [0.2, 0.25) is 0 Å². The third-order valence-corrected chi connectivity index (χ3v) is 4.78. The Labute approximate surface area is 90.7 Å². The molecule has 14 heavy (non-hydrogen) atoms. The van der Waals surface area contributed by atoms with Crippen molar-refractivity contribution in [2.75, 3.05) is 19.5 Å². The van der Waals surface area contributed by atoms with Crippen molar-refractivity contribution in [3.8, 4) is 0 Å². The highest BCUT2D eigenvalue weighted by atomic mass is 32.2. The zero-order valence-corrected chi connectivity index (χ0v) is 9.94. The van der Waals surface area contributed by atoms with Crippen LogP contribution in [0.1, 0.15) is 32.6 Å². The van der Waals surface area contributed by atoms with E-state index >= 15 is 0 Å². The lowest BCUT2D eigenvalue weighted by Crippen LogP contribution is -2.41. The van der Waals surface area contributed by atoms with Crippen LogP contribution in [0, 0.1) is 5.92 Å². The lowest BCUT2D eigenvalue weighted by Gasteiger charge is -2.40. The fourth-order valence-corrected chi connectivity index (χ4v) is 3.73.